The Hall–Kier alpha value is -1.04. The van der Waals surface area contributed by atoms with Crippen molar-refractivity contribution in [3.05, 3.63) is 29.3 Å². The maximum absolute atomic E-state index is 13.9. The van der Waals surface area contributed by atoms with Crippen molar-refractivity contribution in [3.63, 3.8) is 0 Å². The fourth-order valence-electron chi connectivity index (χ4n) is 5.63. The fourth-order valence-corrected chi connectivity index (χ4v) is 9.99. The Morgan fingerprint density at radius 3 is 2.07 bits per heavy atom. The van der Waals surface area contributed by atoms with Gasteiger partial charge in [-0.25, -0.2) is 8.78 Å². The highest BCUT2D eigenvalue weighted by Gasteiger charge is 2.31. The molecular weight excluding hydrogens is 396 g/mol. The molecule has 0 bridgehead atoms. The van der Waals surface area contributed by atoms with Gasteiger partial charge in [-0.15, -0.1) is 0 Å². The zero-order valence-electron chi connectivity index (χ0n) is 17.4. The number of rotatable bonds is 8. The van der Waals surface area contributed by atoms with Gasteiger partial charge in [0.1, 0.15) is 0 Å². The maximum atomic E-state index is 13.9. The van der Waals surface area contributed by atoms with Crippen LogP contribution in [0, 0.1) is 23.5 Å². The number of aryl methyl sites for hydroxylation is 1. The van der Waals surface area contributed by atoms with E-state index in [1.807, 2.05) is 0 Å². The lowest BCUT2D eigenvalue weighted by Crippen LogP contribution is -2.29. The minimum Gasteiger partial charge on any atom is -0.429 e. The molecule has 1 saturated carbocycles. The topological polar surface area (TPSA) is 9.23 Å². The normalized spacial score (nSPS) is 27.9. The summed E-state index contributed by atoms with van der Waals surface area (Å²) in [6.07, 6.45) is 12.5. The van der Waals surface area contributed by atoms with Crippen LogP contribution in [0.2, 0.25) is 17.6 Å². The summed E-state index contributed by atoms with van der Waals surface area (Å²) in [5.41, 5.74) is 1.56. The fraction of sp³-hybridized carbons (Fsp3) is 0.739. The minimum atomic E-state index is -3.23. The number of halogens is 4. The third kappa shape index (κ3) is 6.47. The van der Waals surface area contributed by atoms with Crippen LogP contribution in [0.5, 0.6) is 5.75 Å². The minimum absolute atomic E-state index is 0.523. The molecule has 0 radical (unpaired) electrons. The van der Waals surface area contributed by atoms with Crippen LogP contribution in [0.4, 0.5) is 17.6 Å². The SMILES string of the molecule is CCC[C@H]1CC[C@H]([Si@H]2CC[C@H](CCc3cc(F)c(OC(F)F)c(F)c3)CC2)CC1. The molecule has 1 heterocycles. The lowest BCUT2D eigenvalue weighted by Gasteiger charge is -2.37. The van der Waals surface area contributed by atoms with E-state index >= 15 is 0 Å². The van der Waals surface area contributed by atoms with Gasteiger partial charge in [-0.05, 0) is 47.9 Å². The van der Waals surface area contributed by atoms with Gasteiger partial charge in [-0.2, -0.15) is 8.78 Å². The van der Waals surface area contributed by atoms with Crippen molar-refractivity contribution in [3.8, 4) is 5.75 Å². The van der Waals surface area contributed by atoms with Crippen LogP contribution in [0.25, 0.3) is 0 Å². The summed E-state index contributed by atoms with van der Waals surface area (Å²) in [4.78, 5) is 0. The highest BCUT2D eigenvalue weighted by molar-refractivity contribution is 6.60. The van der Waals surface area contributed by atoms with E-state index in [-0.39, 0.29) is 0 Å². The standard InChI is InChI=1S/C23H34F4OSi/c1-2-3-16-6-8-19(9-7-16)29-12-10-17(11-13-29)4-5-18-14-20(24)22(21(25)15-18)28-23(26)27/h14-17,19,23,29H,2-13H2,1H3/t16-,17-,19-,29-. The van der Waals surface area contributed by atoms with Gasteiger partial charge >= 0.3 is 6.61 Å². The Kier molecular flexibility index (Phi) is 8.45. The number of alkyl halides is 2. The number of ether oxygens (including phenoxy) is 1. The average molecular weight is 431 g/mol. The van der Waals surface area contributed by atoms with Crippen LogP contribution in [0.1, 0.15) is 70.3 Å². The molecule has 1 nitrogen and oxygen atoms in total. The van der Waals surface area contributed by atoms with Crippen molar-refractivity contribution < 1.29 is 22.3 Å². The first-order valence-electron chi connectivity index (χ1n) is 11.4. The Balaban J connectivity index is 1.42. The van der Waals surface area contributed by atoms with Crippen LogP contribution in [0.3, 0.4) is 0 Å². The molecule has 29 heavy (non-hydrogen) atoms. The van der Waals surface area contributed by atoms with Gasteiger partial charge in [0.15, 0.2) is 17.4 Å². The smallest absolute Gasteiger partial charge is 0.387 e. The lowest BCUT2D eigenvalue weighted by atomic mass is 9.86. The molecule has 0 amide bonds. The van der Waals surface area contributed by atoms with Crippen LogP contribution in [-0.4, -0.2) is 15.4 Å². The third-order valence-corrected chi connectivity index (χ3v) is 11.4. The van der Waals surface area contributed by atoms with E-state index in [0.717, 1.165) is 30.0 Å². The second-order valence-corrected chi connectivity index (χ2v) is 12.8. The molecule has 164 valence electrons. The Morgan fingerprint density at radius 2 is 1.52 bits per heavy atom. The quantitative estimate of drug-likeness (QED) is 0.306. The van der Waals surface area contributed by atoms with Crippen molar-refractivity contribution >= 4 is 8.80 Å². The monoisotopic (exact) mass is 430 g/mol. The molecule has 1 saturated heterocycles. The molecule has 0 unspecified atom stereocenters. The molecule has 0 atom stereocenters. The molecule has 1 aromatic carbocycles. The van der Waals surface area contributed by atoms with E-state index in [0.29, 0.717) is 17.9 Å². The largest absolute Gasteiger partial charge is 0.429 e. The summed E-state index contributed by atoms with van der Waals surface area (Å²) in [6.45, 7) is -0.943. The van der Waals surface area contributed by atoms with Gasteiger partial charge in [-0.1, -0.05) is 70.4 Å². The first kappa shape index (κ1) is 22.6. The number of benzene rings is 1. The van der Waals surface area contributed by atoms with Crippen molar-refractivity contribution in [2.24, 2.45) is 11.8 Å². The van der Waals surface area contributed by atoms with Crippen LogP contribution >= 0.6 is 0 Å². The summed E-state index contributed by atoms with van der Waals surface area (Å²) in [5.74, 6) is -1.48. The number of hydrogen-bond donors (Lipinski definition) is 0. The average Bonchev–Trinajstić information content (AvgIpc) is 2.70. The van der Waals surface area contributed by atoms with Crippen LogP contribution in [-0.2, 0) is 6.42 Å². The molecule has 1 aromatic rings. The van der Waals surface area contributed by atoms with Crippen molar-refractivity contribution in [2.75, 3.05) is 0 Å². The molecule has 0 N–H and O–H groups in total. The molecule has 0 spiro atoms. The summed E-state index contributed by atoms with van der Waals surface area (Å²) < 4.78 is 56.2. The first-order valence-corrected chi connectivity index (χ1v) is 13.7. The Morgan fingerprint density at radius 1 is 0.931 bits per heavy atom. The molecular formula is C23H34F4OSi. The second-order valence-electron chi connectivity index (χ2n) is 9.16. The van der Waals surface area contributed by atoms with Gasteiger partial charge in [0, 0.05) is 8.80 Å². The molecule has 6 heteroatoms. The zero-order valence-corrected chi connectivity index (χ0v) is 18.6. The van der Waals surface area contributed by atoms with Crippen molar-refractivity contribution in [1.82, 2.24) is 0 Å². The van der Waals surface area contributed by atoms with E-state index in [9.17, 15) is 17.6 Å². The summed E-state index contributed by atoms with van der Waals surface area (Å²) in [5, 5.41) is 0. The third-order valence-electron chi connectivity index (χ3n) is 7.25. The van der Waals surface area contributed by atoms with Gasteiger partial charge in [0.05, 0.1) is 0 Å². The zero-order chi connectivity index (χ0) is 20.8. The van der Waals surface area contributed by atoms with Crippen molar-refractivity contribution in [2.45, 2.75) is 95.4 Å². The van der Waals surface area contributed by atoms with E-state index in [1.165, 1.54) is 63.5 Å². The molecule has 2 aliphatic rings. The molecule has 0 aromatic heterocycles. The molecule has 3 rings (SSSR count). The Labute approximate surface area is 173 Å². The van der Waals surface area contributed by atoms with Crippen molar-refractivity contribution in [1.29, 1.82) is 0 Å². The summed E-state index contributed by atoms with van der Waals surface area (Å²) in [7, 11) is -0.637. The summed E-state index contributed by atoms with van der Waals surface area (Å²) in [6, 6.07) is 5.10. The predicted molar refractivity (Wildman–Crippen MR) is 111 cm³/mol. The van der Waals surface area contributed by atoms with Gasteiger partial charge < -0.3 is 4.74 Å². The van der Waals surface area contributed by atoms with E-state index < -0.39 is 32.8 Å². The van der Waals surface area contributed by atoms with Gasteiger partial charge in [0.2, 0.25) is 0 Å². The Bertz CT molecular complexity index is 615. The highest BCUT2D eigenvalue weighted by Crippen LogP contribution is 2.42. The van der Waals surface area contributed by atoms with Gasteiger partial charge in [-0.3, -0.25) is 0 Å². The van der Waals surface area contributed by atoms with Crippen LogP contribution < -0.4 is 4.74 Å². The summed E-state index contributed by atoms with van der Waals surface area (Å²) >= 11 is 0. The lowest BCUT2D eigenvalue weighted by molar-refractivity contribution is -0.0546. The van der Waals surface area contributed by atoms with Gasteiger partial charge in [0.25, 0.3) is 0 Å². The van der Waals surface area contributed by atoms with E-state index in [4.69, 9.17) is 0 Å². The predicted octanol–water partition coefficient (Wildman–Crippen LogP) is 7.50. The first-order chi connectivity index (χ1) is 14.0. The van der Waals surface area contributed by atoms with E-state index in [2.05, 4.69) is 11.7 Å². The molecule has 2 fully saturated rings. The second kappa shape index (κ2) is 10.8. The van der Waals surface area contributed by atoms with E-state index in [1.54, 1.807) is 0 Å². The molecule has 1 aliphatic carbocycles. The number of hydrogen-bond acceptors (Lipinski definition) is 1. The van der Waals surface area contributed by atoms with Crippen LogP contribution in [0.15, 0.2) is 12.1 Å². The molecule has 1 aliphatic heterocycles. The highest BCUT2D eigenvalue weighted by atomic mass is 28.3. The maximum Gasteiger partial charge on any atom is 0.387 e.